The van der Waals surface area contributed by atoms with Crippen molar-refractivity contribution in [2.24, 2.45) is 5.92 Å². The van der Waals surface area contributed by atoms with Gasteiger partial charge in [0, 0.05) is 32.2 Å². The Hall–Kier alpha value is -1.88. The maximum absolute atomic E-state index is 11.6. The molecule has 96 valence electrons. The van der Waals surface area contributed by atoms with E-state index < -0.39 is 0 Å². The van der Waals surface area contributed by atoms with Crippen molar-refractivity contribution in [1.29, 1.82) is 0 Å². The Morgan fingerprint density at radius 3 is 2.44 bits per heavy atom. The third kappa shape index (κ3) is 2.87. The molecule has 0 radical (unpaired) electrons. The van der Waals surface area contributed by atoms with Crippen LogP contribution in [0, 0.1) is 5.92 Å². The predicted molar refractivity (Wildman–Crippen MR) is 68.0 cm³/mol. The molecular formula is C13H17N3O2. The Morgan fingerprint density at radius 1 is 1.28 bits per heavy atom. The van der Waals surface area contributed by atoms with Crippen LogP contribution in [0.15, 0.2) is 24.3 Å². The fourth-order valence-corrected chi connectivity index (χ4v) is 1.73. The van der Waals surface area contributed by atoms with Gasteiger partial charge in [-0.15, -0.1) is 0 Å². The normalized spacial score (nSPS) is 14.7. The topological polar surface area (TPSA) is 70.2 Å². The molecule has 0 atom stereocenters. The maximum Gasteiger partial charge on any atom is 0.251 e. The predicted octanol–water partition coefficient (Wildman–Crippen LogP) is -0.118. The van der Waals surface area contributed by atoms with Gasteiger partial charge < -0.3 is 16.0 Å². The number of hydrogen-bond acceptors (Lipinski definition) is 3. The first-order valence-electron chi connectivity index (χ1n) is 6.00. The number of carbonyl (C=O) groups is 2. The summed E-state index contributed by atoms with van der Waals surface area (Å²) in [6.07, 6.45) is 0. The van der Waals surface area contributed by atoms with Crippen molar-refractivity contribution in [3.05, 3.63) is 35.4 Å². The Bertz CT molecular complexity index is 438. The average molecular weight is 247 g/mol. The first-order chi connectivity index (χ1) is 8.70. The van der Waals surface area contributed by atoms with Crippen LogP contribution in [0.4, 0.5) is 0 Å². The molecule has 0 spiro atoms. The summed E-state index contributed by atoms with van der Waals surface area (Å²) >= 11 is 0. The standard InChI is InChI=1S/C13H17N3O2/c1-14-12(17)10-4-2-9(3-5-10)6-16-13(18)11-7-15-8-11/h2-5,11,15H,6-8H2,1H3,(H,14,17)(H,16,18). The van der Waals surface area contributed by atoms with Crippen molar-refractivity contribution in [3.63, 3.8) is 0 Å². The van der Waals surface area contributed by atoms with Crippen LogP contribution in [0.5, 0.6) is 0 Å². The van der Waals surface area contributed by atoms with Gasteiger partial charge in [0.15, 0.2) is 0 Å². The molecule has 0 saturated carbocycles. The van der Waals surface area contributed by atoms with Crippen LogP contribution in [-0.4, -0.2) is 32.0 Å². The van der Waals surface area contributed by atoms with Crippen molar-refractivity contribution in [1.82, 2.24) is 16.0 Å². The highest BCUT2D eigenvalue weighted by Crippen LogP contribution is 2.06. The van der Waals surface area contributed by atoms with E-state index >= 15 is 0 Å². The van der Waals surface area contributed by atoms with Gasteiger partial charge in [0.05, 0.1) is 5.92 Å². The number of carbonyl (C=O) groups excluding carboxylic acids is 2. The third-order valence-electron chi connectivity index (χ3n) is 3.06. The van der Waals surface area contributed by atoms with Gasteiger partial charge in [0.2, 0.25) is 5.91 Å². The Labute approximate surface area is 106 Å². The molecule has 3 N–H and O–H groups in total. The van der Waals surface area contributed by atoms with Gasteiger partial charge in [-0.25, -0.2) is 0 Å². The highest BCUT2D eigenvalue weighted by atomic mass is 16.2. The molecule has 1 heterocycles. The fraction of sp³-hybridized carbons (Fsp3) is 0.385. The number of rotatable bonds is 4. The van der Waals surface area contributed by atoms with Crippen LogP contribution in [0.25, 0.3) is 0 Å². The first kappa shape index (κ1) is 12.6. The summed E-state index contributed by atoms with van der Waals surface area (Å²) < 4.78 is 0. The van der Waals surface area contributed by atoms with Crippen LogP contribution in [0.2, 0.25) is 0 Å². The van der Waals surface area contributed by atoms with Crippen molar-refractivity contribution >= 4 is 11.8 Å². The van der Waals surface area contributed by atoms with Crippen molar-refractivity contribution in [2.75, 3.05) is 20.1 Å². The summed E-state index contributed by atoms with van der Waals surface area (Å²) in [7, 11) is 1.60. The molecule has 2 rings (SSSR count). The van der Waals surface area contributed by atoms with Crippen LogP contribution in [-0.2, 0) is 11.3 Å². The lowest BCUT2D eigenvalue weighted by atomic mass is 10.0. The molecule has 18 heavy (non-hydrogen) atoms. The summed E-state index contributed by atoms with van der Waals surface area (Å²) in [5.41, 5.74) is 1.61. The fourth-order valence-electron chi connectivity index (χ4n) is 1.73. The lowest BCUT2D eigenvalue weighted by Gasteiger charge is -2.25. The maximum atomic E-state index is 11.6. The average Bonchev–Trinajstić information content (AvgIpc) is 2.34. The lowest BCUT2D eigenvalue weighted by molar-refractivity contribution is -0.126. The SMILES string of the molecule is CNC(=O)c1ccc(CNC(=O)C2CNC2)cc1. The molecule has 5 nitrogen and oxygen atoms in total. The van der Waals surface area contributed by atoms with Crippen molar-refractivity contribution in [2.45, 2.75) is 6.54 Å². The van der Waals surface area contributed by atoms with Crippen LogP contribution < -0.4 is 16.0 Å². The third-order valence-corrected chi connectivity index (χ3v) is 3.06. The van der Waals surface area contributed by atoms with Gasteiger partial charge in [0.1, 0.15) is 0 Å². The molecule has 5 heteroatoms. The molecule has 0 unspecified atom stereocenters. The molecule has 2 amide bonds. The molecule has 0 bridgehead atoms. The van der Waals surface area contributed by atoms with E-state index in [9.17, 15) is 9.59 Å². The highest BCUT2D eigenvalue weighted by molar-refractivity contribution is 5.93. The zero-order chi connectivity index (χ0) is 13.0. The minimum absolute atomic E-state index is 0.0872. The van der Waals surface area contributed by atoms with E-state index in [1.807, 2.05) is 12.1 Å². The molecule has 1 aliphatic rings. The molecule has 0 aliphatic carbocycles. The van der Waals surface area contributed by atoms with Crippen LogP contribution in [0.1, 0.15) is 15.9 Å². The smallest absolute Gasteiger partial charge is 0.251 e. The molecule has 0 aromatic heterocycles. The van der Waals surface area contributed by atoms with E-state index in [1.165, 1.54) is 0 Å². The molecule has 1 fully saturated rings. The zero-order valence-electron chi connectivity index (χ0n) is 10.3. The second-order valence-corrected chi connectivity index (χ2v) is 4.35. The Balaban J connectivity index is 1.86. The lowest BCUT2D eigenvalue weighted by Crippen LogP contribution is -2.50. The molecular weight excluding hydrogens is 230 g/mol. The second-order valence-electron chi connectivity index (χ2n) is 4.35. The van der Waals surface area contributed by atoms with Crippen LogP contribution in [0.3, 0.4) is 0 Å². The summed E-state index contributed by atoms with van der Waals surface area (Å²) in [5, 5.41) is 8.51. The number of benzene rings is 1. The van der Waals surface area contributed by atoms with Crippen molar-refractivity contribution < 1.29 is 9.59 Å². The summed E-state index contributed by atoms with van der Waals surface area (Å²) in [4.78, 5) is 22.9. The van der Waals surface area contributed by atoms with Gasteiger partial charge in [-0.2, -0.15) is 0 Å². The molecule has 1 aromatic carbocycles. The minimum atomic E-state index is -0.105. The molecule has 1 aliphatic heterocycles. The van der Waals surface area contributed by atoms with Gasteiger partial charge in [-0.3, -0.25) is 9.59 Å². The van der Waals surface area contributed by atoms with E-state index in [0.29, 0.717) is 12.1 Å². The van der Waals surface area contributed by atoms with Crippen LogP contribution >= 0.6 is 0 Å². The second kappa shape index (κ2) is 5.64. The van der Waals surface area contributed by atoms with E-state index in [0.717, 1.165) is 18.7 Å². The number of hydrogen-bond donors (Lipinski definition) is 3. The highest BCUT2D eigenvalue weighted by Gasteiger charge is 2.24. The molecule has 1 saturated heterocycles. The monoisotopic (exact) mass is 247 g/mol. The quantitative estimate of drug-likeness (QED) is 0.695. The van der Waals surface area contributed by atoms with E-state index in [4.69, 9.17) is 0 Å². The van der Waals surface area contributed by atoms with E-state index in [2.05, 4.69) is 16.0 Å². The Morgan fingerprint density at radius 2 is 1.94 bits per heavy atom. The summed E-state index contributed by atoms with van der Waals surface area (Å²) in [6, 6.07) is 7.21. The van der Waals surface area contributed by atoms with Gasteiger partial charge in [-0.1, -0.05) is 12.1 Å². The van der Waals surface area contributed by atoms with Gasteiger partial charge in [0.25, 0.3) is 5.91 Å². The summed E-state index contributed by atoms with van der Waals surface area (Å²) in [6.45, 7) is 2.03. The largest absolute Gasteiger partial charge is 0.355 e. The van der Waals surface area contributed by atoms with Crippen molar-refractivity contribution in [3.8, 4) is 0 Å². The zero-order valence-corrected chi connectivity index (χ0v) is 10.3. The summed E-state index contributed by atoms with van der Waals surface area (Å²) in [5.74, 6) is 0.0883. The van der Waals surface area contributed by atoms with E-state index in [1.54, 1.807) is 19.2 Å². The first-order valence-corrected chi connectivity index (χ1v) is 6.00. The molecule has 1 aromatic rings. The van der Waals surface area contributed by atoms with Gasteiger partial charge in [-0.05, 0) is 17.7 Å². The number of nitrogens with one attached hydrogen (secondary N) is 3. The van der Waals surface area contributed by atoms with E-state index in [-0.39, 0.29) is 17.7 Å². The number of amides is 2. The van der Waals surface area contributed by atoms with Gasteiger partial charge >= 0.3 is 0 Å². The Kier molecular flexibility index (Phi) is 3.94. The minimum Gasteiger partial charge on any atom is -0.355 e.